The Bertz CT molecular complexity index is 1080. The summed E-state index contributed by atoms with van der Waals surface area (Å²) >= 11 is 0. The van der Waals surface area contributed by atoms with Crippen molar-refractivity contribution in [2.24, 2.45) is 5.92 Å². The van der Waals surface area contributed by atoms with E-state index in [1.807, 2.05) is 12.1 Å². The maximum atomic E-state index is 13.0. The number of nitrogens with zero attached hydrogens (tertiary/aromatic N) is 4. The number of amides is 3. The van der Waals surface area contributed by atoms with Crippen LogP contribution in [0.4, 0.5) is 5.69 Å². The first kappa shape index (κ1) is 27.6. The smallest absolute Gasteiger partial charge is 0.255 e. The van der Waals surface area contributed by atoms with E-state index in [2.05, 4.69) is 31.4 Å². The number of fused-ring (bicyclic) bond motifs is 1. The minimum atomic E-state index is -0.566. The Morgan fingerprint density at radius 2 is 1.75 bits per heavy atom. The molecule has 2 unspecified atom stereocenters. The zero-order valence-electron chi connectivity index (χ0n) is 23.6. The second kappa shape index (κ2) is 12.5. The van der Waals surface area contributed by atoms with Gasteiger partial charge in [0.2, 0.25) is 11.8 Å². The van der Waals surface area contributed by atoms with Crippen LogP contribution in [0.2, 0.25) is 0 Å². The molecule has 1 aromatic rings. The van der Waals surface area contributed by atoms with Gasteiger partial charge in [-0.3, -0.25) is 24.6 Å². The minimum Gasteiger partial charge on any atom is -0.376 e. The predicted octanol–water partition coefficient (Wildman–Crippen LogP) is 1.05. The molecule has 5 heterocycles. The van der Waals surface area contributed by atoms with Crippen LogP contribution in [0.15, 0.2) is 18.2 Å². The van der Waals surface area contributed by atoms with Crippen LogP contribution in [0.1, 0.15) is 54.4 Å². The lowest BCUT2D eigenvalue weighted by molar-refractivity contribution is -0.136. The van der Waals surface area contributed by atoms with Gasteiger partial charge in [-0.1, -0.05) is 0 Å². The monoisotopic (exact) mass is 552 g/mol. The molecule has 0 bridgehead atoms. The third-order valence-electron chi connectivity index (χ3n) is 9.48. The summed E-state index contributed by atoms with van der Waals surface area (Å²) in [6, 6.07) is 5.52. The number of rotatable bonds is 8. The van der Waals surface area contributed by atoms with E-state index < -0.39 is 6.04 Å². The third-order valence-corrected chi connectivity index (χ3v) is 9.48. The highest BCUT2D eigenvalue weighted by atomic mass is 16.5. The van der Waals surface area contributed by atoms with Gasteiger partial charge in [0, 0.05) is 70.0 Å². The number of hydrogen-bond acceptors (Lipinski definition) is 8. The SMILES string of the molecule is O=C1CCC(N2Cc3cc(N4CCN(CC5CCN(CCOC6CCCNC6)CC5)CC4)ccc3C2=O)C(=O)N1. The molecule has 4 fully saturated rings. The molecule has 5 aliphatic rings. The number of piperazine rings is 1. The highest BCUT2D eigenvalue weighted by Gasteiger charge is 2.39. The predicted molar refractivity (Wildman–Crippen MR) is 152 cm³/mol. The average Bonchev–Trinajstić information content (AvgIpc) is 3.30. The number of hydrogen-bond donors (Lipinski definition) is 2. The topological polar surface area (TPSA) is 97.5 Å². The van der Waals surface area contributed by atoms with Crippen molar-refractivity contribution in [1.29, 1.82) is 0 Å². The zero-order chi connectivity index (χ0) is 27.5. The highest BCUT2D eigenvalue weighted by Crippen LogP contribution is 2.31. The second-order valence-corrected chi connectivity index (χ2v) is 12.2. The van der Waals surface area contributed by atoms with Crippen LogP contribution >= 0.6 is 0 Å². The largest absolute Gasteiger partial charge is 0.376 e. The van der Waals surface area contributed by atoms with Crippen molar-refractivity contribution in [3.63, 3.8) is 0 Å². The fourth-order valence-electron chi connectivity index (χ4n) is 7.01. The quantitative estimate of drug-likeness (QED) is 0.462. The number of carbonyl (C=O) groups is 3. The van der Waals surface area contributed by atoms with Crippen LogP contribution in [0.5, 0.6) is 0 Å². The third kappa shape index (κ3) is 6.35. The lowest BCUT2D eigenvalue weighted by Gasteiger charge is -2.39. The fraction of sp³-hybridized carbons (Fsp3) is 0.700. The number of benzene rings is 1. The van der Waals surface area contributed by atoms with Crippen molar-refractivity contribution >= 4 is 23.4 Å². The molecule has 5 aliphatic heterocycles. The normalized spacial score (nSPS) is 27.2. The number of anilines is 1. The maximum absolute atomic E-state index is 13.0. The van der Waals surface area contributed by atoms with Crippen molar-refractivity contribution in [2.45, 2.75) is 57.2 Å². The molecule has 0 aromatic heterocycles. The molecular weight excluding hydrogens is 508 g/mol. The molecule has 6 rings (SSSR count). The molecular formula is C30H44N6O4. The van der Waals surface area contributed by atoms with Crippen LogP contribution in [-0.4, -0.2) is 117 Å². The van der Waals surface area contributed by atoms with E-state index >= 15 is 0 Å². The molecule has 4 saturated heterocycles. The van der Waals surface area contributed by atoms with Crippen LogP contribution in [0, 0.1) is 5.92 Å². The van der Waals surface area contributed by atoms with Crippen molar-refractivity contribution in [3.8, 4) is 0 Å². The Kier molecular flexibility index (Phi) is 8.67. The Morgan fingerprint density at radius 3 is 2.50 bits per heavy atom. The van der Waals surface area contributed by atoms with E-state index in [0.717, 1.165) is 69.6 Å². The zero-order valence-corrected chi connectivity index (χ0v) is 23.6. The fourth-order valence-corrected chi connectivity index (χ4v) is 7.01. The van der Waals surface area contributed by atoms with Gasteiger partial charge in [-0.15, -0.1) is 0 Å². The molecule has 2 atom stereocenters. The first-order valence-electron chi connectivity index (χ1n) is 15.3. The molecule has 0 radical (unpaired) electrons. The molecule has 3 amide bonds. The molecule has 0 spiro atoms. The van der Waals surface area contributed by atoms with Gasteiger partial charge in [-0.25, -0.2) is 0 Å². The van der Waals surface area contributed by atoms with Gasteiger partial charge in [0.1, 0.15) is 6.04 Å². The van der Waals surface area contributed by atoms with E-state index in [-0.39, 0.29) is 24.1 Å². The lowest BCUT2D eigenvalue weighted by Crippen LogP contribution is -2.52. The van der Waals surface area contributed by atoms with Crippen LogP contribution < -0.4 is 15.5 Å². The summed E-state index contributed by atoms with van der Waals surface area (Å²) in [6.07, 6.45) is 6.03. The van der Waals surface area contributed by atoms with Gasteiger partial charge in [0.05, 0.1) is 12.7 Å². The van der Waals surface area contributed by atoms with Crippen molar-refractivity contribution in [1.82, 2.24) is 25.3 Å². The van der Waals surface area contributed by atoms with Crippen LogP contribution in [0.25, 0.3) is 0 Å². The summed E-state index contributed by atoms with van der Waals surface area (Å²) in [5.41, 5.74) is 2.80. The number of carbonyl (C=O) groups excluding carboxylic acids is 3. The van der Waals surface area contributed by atoms with E-state index in [1.54, 1.807) is 4.90 Å². The first-order valence-corrected chi connectivity index (χ1v) is 15.3. The van der Waals surface area contributed by atoms with Crippen molar-refractivity contribution in [2.75, 3.05) is 77.0 Å². The van der Waals surface area contributed by atoms with E-state index in [0.29, 0.717) is 24.6 Å². The highest BCUT2D eigenvalue weighted by molar-refractivity contribution is 6.05. The van der Waals surface area contributed by atoms with Gasteiger partial charge >= 0.3 is 0 Å². The van der Waals surface area contributed by atoms with E-state index in [9.17, 15) is 14.4 Å². The maximum Gasteiger partial charge on any atom is 0.255 e. The van der Waals surface area contributed by atoms with Gasteiger partial charge in [-0.05, 0) is 81.4 Å². The number of likely N-dealkylation sites (tertiary alicyclic amines) is 1. The summed E-state index contributed by atoms with van der Waals surface area (Å²) in [4.78, 5) is 46.1. The first-order chi connectivity index (χ1) is 19.5. The Hall–Kier alpha value is -2.53. The number of piperidine rings is 3. The summed E-state index contributed by atoms with van der Waals surface area (Å²) < 4.78 is 6.09. The molecule has 0 saturated carbocycles. The second-order valence-electron chi connectivity index (χ2n) is 12.2. The Balaban J connectivity index is 0.926. The number of nitrogens with one attached hydrogen (secondary N) is 2. The Labute approximate surface area is 237 Å². The van der Waals surface area contributed by atoms with Gasteiger partial charge in [0.15, 0.2) is 0 Å². The van der Waals surface area contributed by atoms with Crippen LogP contribution in [-0.2, 0) is 20.9 Å². The minimum absolute atomic E-state index is 0.110. The standard InChI is InChI=1S/C30H44N6O4/c37-28-6-5-27(29(38)32-28)36-21-23-18-24(3-4-26(23)30(36)39)35-14-12-34(13-15-35)20-22-7-10-33(11-8-22)16-17-40-25-2-1-9-31-19-25/h3-4,18,22,25,27,31H,1-2,5-17,19-21H2,(H,32,37,38). The average molecular weight is 553 g/mol. The summed E-state index contributed by atoms with van der Waals surface area (Å²) in [7, 11) is 0. The molecule has 0 aliphatic carbocycles. The Morgan fingerprint density at radius 1 is 0.925 bits per heavy atom. The van der Waals surface area contributed by atoms with E-state index in [4.69, 9.17) is 4.74 Å². The van der Waals surface area contributed by atoms with Crippen molar-refractivity contribution < 1.29 is 19.1 Å². The molecule has 218 valence electrons. The summed E-state index contributed by atoms with van der Waals surface area (Å²) in [6.45, 7) is 12.1. The summed E-state index contributed by atoms with van der Waals surface area (Å²) in [5.74, 6) is 0.0444. The van der Waals surface area contributed by atoms with Crippen molar-refractivity contribution in [3.05, 3.63) is 29.3 Å². The van der Waals surface area contributed by atoms with Gasteiger partial charge in [0.25, 0.3) is 5.91 Å². The lowest BCUT2D eigenvalue weighted by atomic mass is 9.96. The van der Waals surface area contributed by atoms with Gasteiger partial charge < -0.3 is 24.8 Å². The van der Waals surface area contributed by atoms with E-state index in [1.165, 1.54) is 45.3 Å². The molecule has 40 heavy (non-hydrogen) atoms. The number of imide groups is 1. The molecule has 10 nitrogen and oxygen atoms in total. The molecule has 1 aromatic carbocycles. The van der Waals surface area contributed by atoms with Crippen LogP contribution in [0.3, 0.4) is 0 Å². The van der Waals surface area contributed by atoms with Gasteiger partial charge in [-0.2, -0.15) is 0 Å². The molecule has 2 N–H and O–H groups in total. The number of ether oxygens (including phenoxy) is 1. The molecule has 10 heteroatoms. The summed E-state index contributed by atoms with van der Waals surface area (Å²) in [5, 5.41) is 5.80.